The molecule has 5 heteroatoms. The third-order valence-corrected chi connectivity index (χ3v) is 4.84. The van der Waals surface area contributed by atoms with Crippen LogP contribution in [-0.4, -0.2) is 4.98 Å². The first-order chi connectivity index (χ1) is 10.8. The molecule has 0 aliphatic carbocycles. The van der Waals surface area contributed by atoms with Gasteiger partial charge in [0.05, 0.1) is 6.20 Å². The van der Waals surface area contributed by atoms with Crippen molar-refractivity contribution in [2.75, 3.05) is 0 Å². The molecule has 2 heterocycles. The molecule has 3 nitrogen and oxygen atoms in total. The van der Waals surface area contributed by atoms with Crippen LogP contribution in [0.25, 0.3) is 10.8 Å². The lowest BCUT2D eigenvalue weighted by molar-refractivity contribution is 0.454. The van der Waals surface area contributed by atoms with Gasteiger partial charge in [0.1, 0.15) is 6.26 Å². The van der Waals surface area contributed by atoms with E-state index < -0.39 is 0 Å². The summed E-state index contributed by atoms with van der Waals surface area (Å²) < 4.78 is 4.71. The van der Waals surface area contributed by atoms with E-state index in [0.29, 0.717) is 5.22 Å². The first-order valence-corrected chi connectivity index (χ1v) is 9.32. The summed E-state index contributed by atoms with van der Waals surface area (Å²) in [7, 11) is 0. The van der Waals surface area contributed by atoms with E-state index >= 15 is 0 Å². The van der Waals surface area contributed by atoms with Crippen molar-refractivity contribution < 1.29 is 4.42 Å². The number of oxazole rings is 1. The molecule has 0 saturated carbocycles. The molecule has 0 radical (unpaired) electrons. The van der Waals surface area contributed by atoms with Crippen LogP contribution in [0.2, 0.25) is 0 Å². The van der Waals surface area contributed by atoms with Gasteiger partial charge in [0.2, 0.25) is 0 Å². The Hall–Kier alpha value is -1.30. The Morgan fingerprint density at radius 1 is 1.23 bits per heavy atom. The van der Waals surface area contributed by atoms with Gasteiger partial charge in [-0.2, -0.15) is 0 Å². The van der Waals surface area contributed by atoms with Gasteiger partial charge in [0.25, 0.3) is 5.22 Å². The first-order valence-electron chi connectivity index (χ1n) is 7.56. The number of aryl methyl sites for hydroxylation is 1. The van der Waals surface area contributed by atoms with Crippen molar-refractivity contribution in [3.8, 4) is 0 Å². The van der Waals surface area contributed by atoms with Gasteiger partial charge in [-0.05, 0) is 29.0 Å². The van der Waals surface area contributed by atoms with Gasteiger partial charge < -0.3 is 4.42 Å². The third kappa shape index (κ3) is 5.16. The Morgan fingerprint density at radius 3 is 2.77 bits per heavy atom. The van der Waals surface area contributed by atoms with Crippen molar-refractivity contribution in [3.05, 3.63) is 47.0 Å². The normalized spacial score (nSPS) is 10.5. The number of aromatic nitrogens is 1. The molecule has 2 aromatic heterocycles. The maximum Gasteiger partial charge on any atom is 0.270 e. The van der Waals surface area contributed by atoms with Crippen molar-refractivity contribution in [2.45, 2.75) is 44.3 Å². The molecule has 0 bridgehead atoms. The topological polar surface area (TPSA) is 52.0 Å². The van der Waals surface area contributed by atoms with Crippen molar-refractivity contribution in [2.24, 2.45) is 5.14 Å². The second kappa shape index (κ2) is 9.66. The molecule has 0 saturated heterocycles. The lowest BCUT2D eigenvalue weighted by atomic mass is 10.1. The first kappa shape index (κ1) is 17.1. The van der Waals surface area contributed by atoms with E-state index in [4.69, 9.17) is 9.56 Å². The summed E-state index contributed by atoms with van der Waals surface area (Å²) in [5.41, 5.74) is 0. The maximum atomic E-state index is 5.05. The molecule has 1 aromatic carbocycles. The summed E-state index contributed by atoms with van der Waals surface area (Å²) in [4.78, 5) is 5.28. The average Bonchev–Trinajstić information content (AvgIpc) is 3.22. The highest BCUT2D eigenvalue weighted by Crippen LogP contribution is 2.27. The van der Waals surface area contributed by atoms with E-state index in [1.165, 1.54) is 49.1 Å². The minimum absolute atomic E-state index is 0.500. The van der Waals surface area contributed by atoms with Crippen molar-refractivity contribution in [1.29, 1.82) is 0 Å². The number of fused-ring (bicyclic) bond motifs is 1. The zero-order chi connectivity index (χ0) is 15.6. The van der Waals surface area contributed by atoms with Gasteiger partial charge in [-0.15, -0.1) is 11.3 Å². The molecule has 0 unspecified atom stereocenters. The van der Waals surface area contributed by atoms with E-state index in [-0.39, 0.29) is 0 Å². The minimum atomic E-state index is 0.500. The molecule has 0 spiro atoms. The average molecular weight is 335 g/mol. The van der Waals surface area contributed by atoms with Crippen molar-refractivity contribution in [3.63, 3.8) is 0 Å². The Bertz CT molecular complexity index is 650. The van der Waals surface area contributed by atoms with Gasteiger partial charge in [-0.25, -0.2) is 4.98 Å². The number of benzene rings is 1. The summed E-state index contributed by atoms with van der Waals surface area (Å²) in [5, 5.41) is 10.7. The number of thiophene rings is 1. The largest absolute Gasteiger partial charge is 0.439 e. The summed E-state index contributed by atoms with van der Waals surface area (Å²) in [6, 6.07) is 8.73. The standard InChI is InChI=1S/C14H18S.C3H4N2OS/c1-2-3-4-5-10-14-13-9-7-6-8-12(13)11-15-14;4-7-3-5-1-2-6-3/h6-9,11H,2-5,10H2,1H3;1-2H,4H2. The van der Waals surface area contributed by atoms with E-state index in [9.17, 15) is 0 Å². The summed E-state index contributed by atoms with van der Waals surface area (Å²) in [6.07, 6.45) is 9.72. The van der Waals surface area contributed by atoms with Crippen LogP contribution >= 0.6 is 23.3 Å². The lowest BCUT2D eigenvalue weighted by Crippen LogP contribution is -1.82. The van der Waals surface area contributed by atoms with E-state index in [2.05, 4.69) is 41.6 Å². The highest BCUT2D eigenvalue weighted by Gasteiger charge is 2.02. The monoisotopic (exact) mass is 334 g/mol. The zero-order valence-corrected chi connectivity index (χ0v) is 14.5. The number of nitrogens with two attached hydrogens (primary N) is 1. The smallest absolute Gasteiger partial charge is 0.270 e. The number of hydrogen-bond acceptors (Lipinski definition) is 5. The van der Waals surface area contributed by atoms with Crippen LogP contribution in [0.3, 0.4) is 0 Å². The number of rotatable bonds is 6. The molecule has 3 aromatic rings. The third-order valence-electron chi connectivity index (χ3n) is 3.36. The van der Waals surface area contributed by atoms with Gasteiger partial charge in [-0.1, -0.05) is 50.5 Å². The Balaban J connectivity index is 0.000000211. The van der Waals surface area contributed by atoms with Crippen LogP contribution in [0.1, 0.15) is 37.5 Å². The number of unbranched alkanes of at least 4 members (excludes halogenated alkanes) is 3. The number of hydrogen-bond donors (Lipinski definition) is 1. The Morgan fingerprint density at radius 2 is 2.09 bits per heavy atom. The van der Waals surface area contributed by atoms with Gasteiger partial charge in [-0.3, -0.25) is 5.14 Å². The number of nitrogens with zero attached hydrogens (tertiary/aromatic N) is 1. The molecule has 3 rings (SSSR count). The fraction of sp³-hybridized carbons (Fsp3) is 0.353. The second-order valence-electron chi connectivity index (χ2n) is 4.97. The molecular formula is C17H22N2OS2. The molecule has 0 atom stereocenters. The van der Waals surface area contributed by atoms with Crippen LogP contribution in [-0.2, 0) is 6.42 Å². The molecule has 0 aliphatic rings. The van der Waals surface area contributed by atoms with Gasteiger partial charge in [0.15, 0.2) is 0 Å². The van der Waals surface area contributed by atoms with E-state index in [0.717, 1.165) is 11.9 Å². The summed E-state index contributed by atoms with van der Waals surface area (Å²) >= 11 is 2.92. The maximum absolute atomic E-state index is 5.05. The van der Waals surface area contributed by atoms with Crippen molar-refractivity contribution >= 4 is 34.1 Å². The highest BCUT2D eigenvalue weighted by molar-refractivity contribution is 7.96. The van der Waals surface area contributed by atoms with Gasteiger partial charge >= 0.3 is 0 Å². The molecule has 0 aliphatic heterocycles. The molecule has 118 valence electrons. The molecule has 0 amide bonds. The lowest BCUT2D eigenvalue weighted by Gasteiger charge is -1.98. The van der Waals surface area contributed by atoms with E-state index in [1.54, 1.807) is 11.1 Å². The zero-order valence-electron chi connectivity index (χ0n) is 12.8. The summed E-state index contributed by atoms with van der Waals surface area (Å²) in [5.74, 6) is 0. The predicted octanol–water partition coefficient (Wildman–Crippen LogP) is 5.66. The predicted molar refractivity (Wildman–Crippen MR) is 96.2 cm³/mol. The van der Waals surface area contributed by atoms with Crippen LogP contribution in [0.5, 0.6) is 0 Å². The summed E-state index contributed by atoms with van der Waals surface area (Å²) in [6.45, 7) is 2.26. The Kier molecular flexibility index (Phi) is 7.49. The quantitative estimate of drug-likeness (QED) is 0.466. The second-order valence-corrected chi connectivity index (χ2v) is 6.52. The highest BCUT2D eigenvalue weighted by atomic mass is 32.2. The fourth-order valence-electron chi connectivity index (χ4n) is 2.23. The van der Waals surface area contributed by atoms with Gasteiger partial charge in [0, 0.05) is 16.8 Å². The van der Waals surface area contributed by atoms with Crippen LogP contribution < -0.4 is 5.14 Å². The van der Waals surface area contributed by atoms with Crippen LogP contribution in [0.4, 0.5) is 0 Å². The minimum Gasteiger partial charge on any atom is -0.439 e. The fourth-order valence-corrected chi connectivity index (χ4v) is 3.51. The Labute approximate surface area is 140 Å². The SMILES string of the molecule is CCCCCCc1scc2ccccc12.NSc1ncco1. The molecule has 0 fully saturated rings. The van der Waals surface area contributed by atoms with Crippen LogP contribution in [0.15, 0.2) is 51.7 Å². The van der Waals surface area contributed by atoms with Crippen LogP contribution in [0, 0.1) is 0 Å². The van der Waals surface area contributed by atoms with E-state index in [1.807, 2.05) is 11.3 Å². The molecule has 2 N–H and O–H groups in total. The van der Waals surface area contributed by atoms with Crippen molar-refractivity contribution in [1.82, 2.24) is 4.98 Å². The molecule has 22 heavy (non-hydrogen) atoms. The molecular weight excluding hydrogens is 312 g/mol.